The predicted octanol–water partition coefficient (Wildman–Crippen LogP) is 3.05. The molecule has 2 aromatic heterocycles. The van der Waals surface area contributed by atoms with E-state index < -0.39 is 0 Å². The highest BCUT2D eigenvalue weighted by molar-refractivity contribution is 7.16. The van der Waals surface area contributed by atoms with Crippen LogP contribution in [-0.4, -0.2) is 28.0 Å². The zero-order valence-electron chi connectivity index (χ0n) is 12.5. The van der Waals surface area contributed by atoms with E-state index in [-0.39, 0.29) is 36.8 Å². The van der Waals surface area contributed by atoms with Gasteiger partial charge in [-0.3, -0.25) is 9.78 Å². The van der Waals surface area contributed by atoms with E-state index in [1.807, 2.05) is 12.1 Å². The minimum Gasteiger partial charge on any atom is -0.349 e. The number of aromatic nitrogens is 2. The zero-order valence-corrected chi connectivity index (χ0v) is 14.9. The van der Waals surface area contributed by atoms with Crippen molar-refractivity contribution in [1.82, 2.24) is 15.3 Å². The van der Waals surface area contributed by atoms with Crippen molar-refractivity contribution in [2.24, 2.45) is 5.73 Å². The molecule has 0 atom stereocenters. The average molecular weight is 375 g/mol. The molecule has 0 bridgehead atoms. The summed E-state index contributed by atoms with van der Waals surface area (Å²) in [6, 6.07) is 4.31. The maximum atomic E-state index is 12.3. The Morgan fingerprint density at radius 2 is 1.83 bits per heavy atom. The number of amides is 1. The lowest BCUT2D eigenvalue weighted by Crippen LogP contribution is -2.40. The fourth-order valence-electron chi connectivity index (χ4n) is 2.53. The topological polar surface area (TPSA) is 80.9 Å². The third kappa shape index (κ3) is 5.14. The van der Waals surface area contributed by atoms with Crippen LogP contribution in [0.2, 0.25) is 0 Å². The molecule has 23 heavy (non-hydrogen) atoms. The number of nitrogens with zero attached hydrogens (tertiary/aromatic N) is 2. The zero-order chi connectivity index (χ0) is 14.7. The summed E-state index contributed by atoms with van der Waals surface area (Å²) in [7, 11) is 0. The highest BCUT2D eigenvalue weighted by atomic mass is 35.5. The Bertz CT molecular complexity index is 615. The molecule has 2 heterocycles. The van der Waals surface area contributed by atoms with Gasteiger partial charge in [0, 0.05) is 30.0 Å². The van der Waals surface area contributed by atoms with Crippen LogP contribution in [0.25, 0.3) is 10.6 Å². The van der Waals surface area contributed by atoms with Gasteiger partial charge < -0.3 is 11.1 Å². The molecule has 1 aliphatic carbocycles. The summed E-state index contributed by atoms with van der Waals surface area (Å²) in [5.41, 5.74) is 6.86. The molecule has 0 unspecified atom stereocenters. The second kappa shape index (κ2) is 9.17. The van der Waals surface area contributed by atoms with Gasteiger partial charge in [-0.15, -0.1) is 36.2 Å². The van der Waals surface area contributed by atoms with Gasteiger partial charge in [-0.2, -0.15) is 0 Å². The standard InChI is InChI=1S/C15H18N4OS.2ClH/c16-11-1-3-12(4-2-11)19-14(20)13-9-18-15(21-13)10-5-7-17-8-6-10;;/h5-9,11-12H,1-4,16H2,(H,19,20);2*1H. The summed E-state index contributed by atoms with van der Waals surface area (Å²) in [5.74, 6) is -0.0340. The highest BCUT2D eigenvalue weighted by Gasteiger charge is 2.21. The maximum absolute atomic E-state index is 12.3. The number of hydrogen-bond acceptors (Lipinski definition) is 5. The Morgan fingerprint density at radius 3 is 2.48 bits per heavy atom. The van der Waals surface area contributed by atoms with Gasteiger partial charge in [0.05, 0.1) is 6.20 Å². The lowest BCUT2D eigenvalue weighted by Gasteiger charge is -2.26. The second-order valence-corrected chi connectivity index (χ2v) is 6.38. The van der Waals surface area contributed by atoms with Crippen molar-refractivity contribution in [3.63, 3.8) is 0 Å². The Labute approximate surface area is 151 Å². The molecule has 1 fully saturated rings. The van der Waals surface area contributed by atoms with Crippen molar-refractivity contribution < 1.29 is 4.79 Å². The predicted molar refractivity (Wildman–Crippen MR) is 97.5 cm³/mol. The quantitative estimate of drug-likeness (QED) is 0.864. The van der Waals surface area contributed by atoms with E-state index in [2.05, 4.69) is 15.3 Å². The molecular formula is C15H20Cl2N4OS. The second-order valence-electron chi connectivity index (χ2n) is 5.35. The summed E-state index contributed by atoms with van der Waals surface area (Å²) in [4.78, 5) is 21.2. The lowest BCUT2D eigenvalue weighted by atomic mass is 9.92. The Kier molecular flexibility index (Phi) is 7.91. The molecule has 1 amide bonds. The van der Waals surface area contributed by atoms with Crippen LogP contribution in [0.1, 0.15) is 35.4 Å². The van der Waals surface area contributed by atoms with E-state index in [1.54, 1.807) is 18.6 Å². The first-order valence-corrected chi connectivity index (χ1v) is 7.96. The summed E-state index contributed by atoms with van der Waals surface area (Å²) >= 11 is 1.41. The van der Waals surface area contributed by atoms with E-state index in [1.165, 1.54) is 11.3 Å². The number of pyridine rings is 1. The van der Waals surface area contributed by atoms with Crippen molar-refractivity contribution in [3.05, 3.63) is 35.6 Å². The van der Waals surface area contributed by atoms with Crippen LogP contribution in [-0.2, 0) is 0 Å². The van der Waals surface area contributed by atoms with Crippen LogP contribution < -0.4 is 11.1 Å². The van der Waals surface area contributed by atoms with Crippen LogP contribution in [0.4, 0.5) is 0 Å². The first-order chi connectivity index (χ1) is 10.2. The molecule has 0 aliphatic heterocycles. The molecule has 5 nitrogen and oxygen atoms in total. The van der Waals surface area contributed by atoms with Crippen molar-refractivity contribution in [2.75, 3.05) is 0 Å². The first kappa shape index (κ1) is 19.8. The summed E-state index contributed by atoms with van der Waals surface area (Å²) in [6.07, 6.45) is 8.98. The third-order valence-electron chi connectivity index (χ3n) is 3.76. The van der Waals surface area contributed by atoms with Gasteiger partial charge in [0.2, 0.25) is 0 Å². The van der Waals surface area contributed by atoms with Crippen molar-refractivity contribution in [3.8, 4) is 10.6 Å². The Balaban J connectivity index is 0.00000132. The van der Waals surface area contributed by atoms with Gasteiger partial charge in [0.25, 0.3) is 5.91 Å². The van der Waals surface area contributed by atoms with E-state index in [0.717, 1.165) is 36.3 Å². The van der Waals surface area contributed by atoms with Crippen molar-refractivity contribution >= 4 is 42.1 Å². The molecule has 3 N–H and O–H groups in total. The molecule has 0 saturated heterocycles. The number of thiazole rings is 1. The van der Waals surface area contributed by atoms with E-state index in [4.69, 9.17) is 5.73 Å². The van der Waals surface area contributed by atoms with Crippen molar-refractivity contribution in [2.45, 2.75) is 37.8 Å². The molecular weight excluding hydrogens is 355 g/mol. The molecule has 0 radical (unpaired) electrons. The van der Waals surface area contributed by atoms with Crippen LogP contribution in [0.3, 0.4) is 0 Å². The number of rotatable bonds is 3. The van der Waals surface area contributed by atoms with Gasteiger partial charge in [0.15, 0.2) is 0 Å². The first-order valence-electron chi connectivity index (χ1n) is 7.15. The molecule has 1 aliphatic rings. The largest absolute Gasteiger partial charge is 0.349 e. The van der Waals surface area contributed by atoms with Gasteiger partial charge in [-0.1, -0.05) is 0 Å². The van der Waals surface area contributed by atoms with E-state index in [9.17, 15) is 4.79 Å². The SMILES string of the molecule is Cl.Cl.NC1CCC(NC(=O)c2cnc(-c3ccncc3)s2)CC1. The Hall–Kier alpha value is -1.21. The molecule has 126 valence electrons. The molecule has 2 aromatic rings. The van der Waals surface area contributed by atoms with Gasteiger partial charge in [-0.05, 0) is 37.8 Å². The monoisotopic (exact) mass is 374 g/mol. The number of carbonyl (C=O) groups is 1. The number of hydrogen-bond donors (Lipinski definition) is 2. The minimum atomic E-state index is -0.0340. The summed E-state index contributed by atoms with van der Waals surface area (Å²) < 4.78 is 0. The molecule has 0 spiro atoms. The Morgan fingerprint density at radius 1 is 1.17 bits per heavy atom. The van der Waals surface area contributed by atoms with E-state index >= 15 is 0 Å². The van der Waals surface area contributed by atoms with Crippen LogP contribution in [0.15, 0.2) is 30.7 Å². The number of carbonyl (C=O) groups excluding carboxylic acids is 1. The third-order valence-corrected chi connectivity index (χ3v) is 4.81. The fraction of sp³-hybridized carbons (Fsp3) is 0.400. The number of nitrogens with one attached hydrogen (secondary N) is 1. The molecule has 3 rings (SSSR count). The van der Waals surface area contributed by atoms with Crippen LogP contribution in [0, 0.1) is 0 Å². The number of halogens is 2. The lowest BCUT2D eigenvalue weighted by molar-refractivity contribution is 0.0930. The fourth-order valence-corrected chi connectivity index (χ4v) is 3.35. The van der Waals surface area contributed by atoms with Crippen LogP contribution >= 0.6 is 36.2 Å². The molecule has 0 aromatic carbocycles. The van der Waals surface area contributed by atoms with Gasteiger partial charge >= 0.3 is 0 Å². The summed E-state index contributed by atoms with van der Waals surface area (Å²) in [5, 5.41) is 3.93. The molecule has 8 heteroatoms. The highest BCUT2D eigenvalue weighted by Crippen LogP contribution is 2.25. The average Bonchev–Trinajstić information content (AvgIpc) is 3.00. The van der Waals surface area contributed by atoms with Crippen molar-refractivity contribution in [1.29, 1.82) is 0 Å². The smallest absolute Gasteiger partial charge is 0.263 e. The molecule has 1 saturated carbocycles. The van der Waals surface area contributed by atoms with E-state index in [0.29, 0.717) is 10.9 Å². The number of nitrogens with two attached hydrogens (primary N) is 1. The van der Waals surface area contributed by atoms with Gasteiger partial charge in [-0.25, -0.2) is 4.98 Å². The maximum Gasteiger partial charge on any atom is 0.263 e. The van der Waals surface area contributed by atoms with Gasteiger partial charge in [0.1, 0.15) is 9.88 Å². The minimum absolute atomic E-state index is 0. The van der Waals surface area contributed by atoms with Crippen LogP contribution in [0.5, 0.6) is 0 Å². The normalized spacial score (nSPS) is 20.0. The summed E-state index contributed by atoms with van der Waals surface area (Å²) in [6.45, 7) is 0.